The molecule has 0 aromatic carbocycles. The summed E-state index contributed by atoms with van der Waals surface area (Å²) in [7, 11) is 0. The Labute approximate surface area is 113 Å². The van der Waals surface area contributed by atoms with Crippen LogP contribution in [0.15, 0.2) is 0 Å². The first-order valence-corrected chi connectivity index (χ1v) is 6.78. The van der Waals surface area contributed by atoms with Crippen molar-refractivity contribution in [2.24, 2.45) is 17.1 Å². The molecular weight excluding hydrogens is 228 g/mol. The van der Waals surface area contributed by atoms with Gasteiger partial charge in [-0.3, -0.25) is 0 Å². The molecule has 4 heteroatoms. The molecule has 1 saturated heterocycles. The van der Waals surface area contributed by atoms with Gasteiger partial charge >= 0.3 is 6.09 Å². The minimum Gasteiger partial charge on any atom is -0.441 e. The van der Waals surface area contributed by atoms with Crippen molar-refractivity contribution in [3.63, 3.8) is 0 Å². The van der Waals surface area contributed by atoms with E-state index in [1.807, 2.05) is 0 Å². The van der Waals surface area contributed by atoms with Gasteiger partial charge in [0.1, 0.15) is 5.60 Å². The Morgan fingerprint density at radius 1 is 1.61 bits per heavy atom. The average molecular weight is 256 g/mol. The van der Waals surface area contributed by atoms with E-state index in [4.69, 9.17) is 13.2 Å². The van der Waals surface area contributed by atoms with E-state index in [1.165, 1.54) is 0 Å². The standard InChI is InChI=1S/C14H26N2O2/c1-13(2,3)9-16-10-14(18-12(16)17)6-4-5-11(7-14)8-15/h11H,4-10,15H2,1-3H3/t11-,14-/m0/s1/i8D2. The molecule has 0 bridgehead atoms. The van der Waals surface area contributed by atoms with Gasteiger partial charge in [0.25, 0.3) is 0 Å². The third-order valence-electron chi connectivity index (χ3n) is 3.75. The fourth-order valence-electron chi connectivity index (χ4n) is 3.09. The van der Waals surface area contributed by atoms with Crippen molar-refractivity contribution < 1.29 is 12.3 Å². The Morgan fingerprint density at radius 2 is 2.33 bits per heavy atom. The van der Waals surface area contributed by atoms with E-state index in [0.717, 1.165) is 19.3 Å². The fraction of sp³-hybridized carbons (Fsp3) is 0.929. The molecule has 104 valence electrons. The second-order valence-electron chi connectivity index (χ2n) is 6.93. The minimum absolute atomic E-state index is 0.0289. The number of ether oxygens (including phenoxy) is 1. The summed E-state index contributed by atoms with van der Waals surface area (Å²) in [5, 5.41) is 0. The Hall–Kier alpha value is -0.770. The monoisotopic (exact) mass is 256 g/mol. The maximum Gasteiger partial charge on any atom is 0.410 e. The highest BCUT2D eigenvalue weighted by Crippen LogP contribution is 2.40. The molecule has 0 aromatic rings. The lowest BCUT2D eigenvalue weighted by Gasteiger charge is -2.35. The molecule has 2 rings (SSSR count). The highest BCUT2D eigenvalue weighted by atomic mass is 16.6. The van der Waals surface area contributed by atoms with Crippen LogP contribution in [0, 0.1) is 11.3 Å². The number of hydrogen-bond donors (Lipinski definition) is 1. The molecule has 2 aliphatic rings. The first kappa shape index (κ1) is 11.1. The molecule has 0 unspecified atom stereocenters. The van der Waals surface area contributed by atoms with Gasteiger partial charge in [-0.2, -0.15) is 0 Å². The van der Waals surface area contributed by atoms with E-state index < -0.39 is 12.1 Å². The molecule has 1 amide bonds. The molecule has 1 spiro atoms. The molecule has 1 aliphatic carbocycles. The van der Waals surface area contributed by atoms with Crippen LogP contribution in [0.3, 0.4) is 0 Å². The van der Waals surface area contributed by atoms with Crippen molar-refractivity contribution in [1.82, 2.24) is 4.90 Å². The van der Waals surface area contributed by atoms with Gasteiger partial charge in [0, 0.05) is 9.29 Å². The van der Waals surface area contributed by atoms with E-state index in [2.05, 4.69) is 20.8 Å². The predicted octanol–water partition coefficient (Wildman–Crippen LogP) is 2.37. The Balaban J connectivity index is 2.07. The Morgan fingerprint density at radius 3 is 2.94 bits per heavy atom. The number of carbonyl (C=O) groups excluding carboxylic acids is 1. The van der Waals surface area contributed by atoms with E-state index in [0.29, 0.717) is 19.5 Å². The second-order valence-corrected chi connectivity index (χ2v) is 6.93. The van der Waals surface area contributed by atoms with E-state index >= 15 is 0 Å². The van der Waals surface area contributed by atoms with Gasteiger partial charge in [-0.15, -0.1) is 0 Å². The maximum atomic E-state index is 12.1. The molecule has 1 aliphatic heterocycles. The first-order chi connectivity index (χ1) is 9.01. The summed E-state index contributed by atoms with van der Waals surface area (Å²) >= 11 is 0. The van der Waals surface area contributed by atoms with Crippen molar-refractivity contribution in [2.75, 3.05) is 19.6 Å². The molecular formula is C14H26N2O2. The van der Waals surface area contributed by atoms with Gasteiger partial charge in [0.15, 0.2) is 0 Å². The molecule has 0 aromatic heterocycles. The second kappa shape index (κ2) is 4.72. The van der Waals surface area contributed by atoms with Gasteiger partial charge in [0.2, 0.25) is 0 Å². The van der Waals surface area contributed by atoms with Gasteiger partial charge < -0.3 is 15.4 Å². The van der Waals surface area contributed by atoms with Crippen LogP contribution >= 0.6 is 0 Å². The average Bonchev–Trinajstić information content (AvgIpc) is 2.51. The SMILES string of the molecule is [2H]C([2H])(N)[C@H]1CCC[C@]2(C1)CN(CC(C)(C)C)C(=O)O2. The number of nitrogens with two attached hydrogens (primary N) is 1. The molecule has 1 heterocycles. The maximum absolute atomic E-state index is 12.1. The summed E-state index contributed by atoms with van der Waals surface area (Å²) in [5.74, 6) is -0.237. The molecule has 2 atom stereocenters. The van der Waals surface area contributed by atoms with Gasteiger partial charge in [-0.05, 0) is 43.5 Å². The summed E-state index contributed by atoms with van der Waals surface area (Å²) in [6.45, 7) is 5.80. The van der Waals surface area contributed by atoms with Crippen molar-refractivity contribution >= 4 is 6.09 Å². The zero-order chi connectivity index (χ0) is 15.2. The molecule has 18 heavy (non-hydrogen) atoms. The third kappa shape index (κ3) is 2.97. The predicted molar refractivity (Wildman–Crippen MR) is 71.3 cm³/mol. The summed E-state index contributed by atoms with van der Waals surface area (Å²) < 4.78 is 21.1. The van der Waals surface area contributed by atoms with Crippen molar-refractivity contribution in [2.45, 2.75) is 52.1 Å². The molecule has 2 fully saturated rings. The zero-order valence-electron chi connectivity index (χ0n) is 13.7. The van der Waals surface area contributed by atoms with Crippen molar-refractivity contribution in [3.05, 3.63) is 0 Å². The van der Waals surface area contributed by atoms with Crippen LogP contribution in [0.25, 0.3) is 0 Å². The van der Waals surface area contributed by atoms with Crippen LogP contribution < -0.4 is 5.73 Å². The number of rotatable bonds is 2. The smallest absolute Gasteiger partial charge is 0.410 e. The van der Waals surface area contributed by atoms with Crippen molar-refractivity contribution in [3.8, 4) is 0 Å². The lowest BCUT2D eigenvalue weighted by molar-refractivity contribution is 0.00845. The normalized spacial score (nSPS) is 35.4. The summed E-state index contributed by atoms with van der Waals surface area (Å²) in [5.41, 5.74) is 5.11. The van der Waals surface area contributed by atoms with Crippen molar-refractivity contribution in [1.29, 1.82) is 0 Å². The summed E-state index contributed by atoms with van der Waals surface area (Å²) in [6, 6.07) is 0. The van der Waals surface area contributed by atoms with Gasteiger partial charge in [0.05, 0.1) is 6.54 Å². The molecule has 0 radical (unpaired) electrons. The molecule has 4 nitrogen and oxygen atoms in total. The minimum atomic E-state index is -1.70. The fourth-order valence-corrected chi connectivity index (χ4v) is 3.09. The highest BCUT2D eigenvalue weighted by molar-refractivity contribution is 5.70. The molecule has 2 N–H and O–H groups in total. The van der Waals surface area contributed by atoms with E-state index in [-0.39, 0.29) is 17.4 Å². The topological polar surface area (TPSA) is 55.6 Å². The highest BCUT2D eigenvalue weighted by Gasteiger charge is 2.48. The van der Waals surface area contributed by atoms with Crippen LogP contribution in [-0.2, 0) is 4.74 Å². The van der Waals surface area contributed by atoms with Crippen LogP contribution in [0.1, 0.15) is 49.2 Å². The van der Waals surface area contributed by atoms with Crippen LogP contribution in [0.5, 0.6) is 0 Å². The lowest BCUT2D eigenvalue weighted by atomic mass is 9.78. The largest absolute Gasteiger partial charge is 0.441 e. The number of carbonyl (C=O) groups is 1. The number of amides is 1. The van der Waals surface area contributed by atoms with E-state index in [1.54, 1.807) is 4.90 Å². The first-order valence-electron chi connectivity index (χ1n) is 7.78. The summed E-state index contributed by atoms with van der Waals surface area (Å²) in [4.78, 5) is 13.8. The number of nitrogens with zero attached hydrogens (tertiary/aromatic N) is 1. The lowest BCUT2D eigenvalue weighted by Crippen LogP contribution is -2.42. The zero-order valence-corrected chi connectivity index (χ0v) is 11.7. The van der Waals surface area contributed by atoms with E-state index in [9.17, 15) is 4.79 Å². The van der Waals surface area contributed by atoms with Gasteiger partial charge in [-0.1, -0.05) is 20.8 Å². The van der Waals surface area contributed by atoms with Crippen LogP contribution in [0.4, 0.5) is 4.79 Å². The third-order valence-corrected chi connectivity index (χ3v) is 3.75. The molecule has 1 saturated carbocycles. The Kier molecular flexibility index (Phi) is 2.91. The van der Waals surface area contributed by atoms with Crippen LogP contribution in [0.2, 0.25) is 0 Å². The summed E-state index contributed by atoms with van der Waals surface area (Å²) in [6.07, 6.45) is 2.70. The Bertz CT molecular complexity index is 390. The van der Waals surface area contributed by atoms with Crippen LogP contribution in [-0.4, -0.2) is 36.2 Å². The quantitative estimate of drug-likeness (QED) is 0.825. The number of hydrogen-bond acceptors (Lipinski definition) is 3. The van der Waals surface area contributed by atoms with Gasteiger partial charge in [-0.25, -0.2) is 4.79 Å².